The maximum absolute atomic E-state index is 11.5. The molecule has 5 heteroatoms. The quantitative estimate of drug-likeness (QED) is 0.922. The molecule has 0 saturated carbocycles. The third kappa shape index (κ3) is 2.54. The van der Waals surface area contributed by atoms with Gasteiger partial charge in [-0.1, -0.05) is 6.92 Å². The van der Waals surface area contributed by atoms with E-state index in [1.807, 2.05) is 20.8 Å². The third-order valence-electron chi connectivity index (χ3n) is 4.38. The number of aromatic nitrogens is 1. The Morgan fingerprint density at radius 1 is 1.58 bits per heavy atom. The number of thiazole rings is 1. The Kier molecular flexibility index (Phi) is 3.97. The molecule has 0 aliphatic carbocycles. The number of carbonyl (C=O) groups is 1. The molecule has 0 spiro atoms. The molecular formula is C14H22N2O2S. The summed E-state index contributed by atoms with van der Waals surface area (Å²) in [6, 6.07) is 0.263. The normalized spacial score (nSPS) is 25.7. The molecule has 1 aliphatic rings. The van der Waals surface area contributed by atoms with E-state index in [4.69, 9.17) is 0 Å². The van der Waals surface area contributed by atoms with E-state index in [0.717, 1.165) is 23.7 Å². The number of aryl methyl sites for hydroxylation is 2. The molecule has 2 heterocycles. The van der Waals surface area contributed by atoms with Crippen molar-refractivity contribution in [2.24, 2.45) is 5.41 Å². The van der Waals surface area contributed by atoms with Crippen molar-refractivity contribution in [1.29, 1.82) is 0 Å². The molecule has 2 unspecified atom stereocenters. The van der Waals surface area contributed by atoms with E-state index < -0.39 is 11.4 Å². The number of aliphatic carboxylic acids is 1. The topological polar surface area (TPSA) is 53.4 Å². The molecule has 2 atom stereocenters. The highest BCUT2D eigenvalue weighted by molar-refractivity contribution is 7.11. The van der Waals surface area contributed by atoms with Gasteiger partial charge in [-0.15, -0.1) is 11.3 Å². The predicted octanol–water partition coefficient (Wildman–Crippen LogP) is 3.01. The van der Waals surface area contributed by atoms with Gasteiger partial charge in [0.2, 0.25) is 0 Å². The van der Waals surface area contributed by atoms with E-state index in [9.17, 15) is 9.90 Å². The molecule has 0 bridgehead atoms. The van der Waals surface area contributed by atoms with Gasteiger partial charge in [0.25, 0.3) is 0 Å². The van der Waals surface area contributed by atoms with Gasteiger partial charge in [0.1, 0.15) is 0 Å². The number of nitrogens with zero attached hydrogens (tertiary/aromatic N) is 2. The molecule has 2 rings (SSSR count). The average Bonchev–Trinajstić information content (AvgIpc) is 2.93. The molecule has 1 aromatic rings. The zero-order chi connectivity index (χ0) is 14.2. The summed E-state index contributed by atoms with van der Waals surface area (Å²) in [6.45, 7) is 9.70. The Labute approximate surface area is 118 Å². The first-order chi connectivity index (χ1) is 8.89. The van der Waals surface area contributed by atoms with Crippen LogP contribution in [0.25, 0.3) is 0 Å². The van der Waals surface area contributed by atoms with Crippen LogP contribution < -0.4 is 0 Å². The first kappa shape index (κ1) is 14.5. The van der Waals surface area contributed by atoms with Crippen LogP contribution in [0.15, 0.2) is 0 Å². The van der Waals surface area contributed by atoms with Gasteiger partial charge in [-0.3, -0.25) is 9.69 Å². The summed E-state index contributed by atoms with van der Waals surface area (Å²) in [5, 5.41) is 10.5. The standard InChI is InChI=1S/C14H22N2O2S/c1-5-14(13(17)18)6-7-16(8-14)10(3)12-9(2)15-11(4)19-12/h10H,5-8H2,1-4H3,(H,17,18). The lowest BCUT2D eigenvalue weighted by Gasteiger charge is -2.27. The molecule has 0 aromatic carbocycles. The van der Waals surface area contributed by atoms with Crippen molar-refractivity contribution < 1.29 is 9.90 Å². The van der Waals surface area contributed by atoms with Gasteiger partial charge in [-0.2, -0.15) is 0 Å². The van der Waals surface area contributed by atoms with Crippen LogP contribution in [0.2, 0.25) is 0 Å². The minimum Gasteiger partial charge on any atom is -0.481 e. The van der Waals surface area contributed by atoms with Crippen LogP contribution in [-0.2, 0) is 4.79 Å². The third-order valence-corrected chi connectivity index (χ3v) is 5.62. The molecule has 4 nitrogen and oxygen atoms in total. The smallest absolute Gasteiger partial charge is 0.310 e. The summed E-state index contributed by atoms with van der Waals surface area (Å²) in [5.74, 6) is -0.651. The summed E-state index contributed by atoms with van der Waals surface area (Å²) in [5.41, 5.74) is 0.529. The molecule has 106 valence electrons. The van der Waals surface area contributed by atoms with Gasteiger partial charge in [-0.05, 0) is 40.2 Å². The van der Waals surface area contributed by atoms with Crippen LogP contribution in [0.4, 0.5) is 0 Å². The number of carboxylic acids is 1. The lowest BCUT2D eigenvalue weighted by molar-refractivity contribution is -0.148. The second kappa shape index (κ2) is 5.21. The van der Waals surface area contributed by atoms with Crippen molar-refractivity contribution in [2.75, 3.05) is 13.1 Å². The number of carboxylic acid groups (broad SMARTS) is 1. The van der Waals surface area contributed by atoms with Gasteiger partial charge in [-0.25, -0.2) is 4.98 Å². The van der Waals surface area contributed by atoms with Gasteiger partial charge >= 0.3 is 5.97 Å². The molecule has 1 aromatic heterocycles. The minimum absolute atomic E-state index is 0.263. The van der Waals surface area contributed by atoms with Crippen LogP contribution in [0, 0.1) is 19.3 Å². The Morgan fingerprint density at radius 2 is 2.26 bits per heavy atom. The van der Waals surface area contributed by atoms with Crippen LogP contribution in [0.1, 0.15) is 48.3 Å². The fraction of sp³-hybridized carbons (Fsp3) is 0.714. The minimum atomic E-state index is -0.651. The van der Waals surface area contributed by atoms with Crippen LogP contribution >= 0.6 is 11.3 Å². The van der Waals surface area contributed by atoms with E-state index in [1.54, 1.807) is 11.3 Å². The summed E-state index contributed by atoms with van der Waals surface area (Å²) in [6.07, 6.45) is 1.45. The Bertz CT molecular complexity index is 486. The van der Waals surface area contributed by atoms with Crippen molar-refractivity contribution in [2.45, 2.75) is 46.6 Å². The highest BCUT2D eigenvalue weighted by atomic mass is 32.1. The molecule has 0 amide bonds. The zero-order valence-electron chi connectivity index (χ0n) is 12.1. The molecule has 1 N–H and O–H groups in total. The average molecular weight is 282 g/mol. The van der Waals surface area contributed by atoms with Crippen LogP contribution in [0.5, 0.6) is 0 Å². The Hall–Kier alpha value is -0.940. The second-order valence-electron chi connectivity index (χ2n) is 5.52. The largest absolute Gasteiger partial charge is 0.481 e. The fourth-order valence-electron chi connectivity index (χ4n) is 2.95. The lowest BCUT2D eigenvalue weighted by Crippen LogP contribution is -2.34. The van der Waals surface area contributed by atoms with E-state index >= 15 is 0 Å². The molecule has 1 fully saturated rings. The van der Waals surface area contributed by atoms with E-state index in [2.05, 4.69) is 16.8 Å². The second-order valence-corrected chi connectivity index (χ2v) is 6.75. The van der Waals surface area contributed by atoms with Crippen LogP contribution in [-0.4, -0.2) is 34.0 Å². The number of hydrogen-bond acceptors (Lipinski definition) is 4. The number of likely N-dealkylation sites (tertiary alicyclic amines) is 1. The Morgan fingerprint density at radius 3 is 2.68 bits per heavy atom. The molecule has 1 aliphatic heterocycles. The molecule has 19 heavy (non-hydrogen) atoms. The van der Waals surface area contributed by atoms with E-state index in [1.165, 1.54) is 4.88 Å². The van der Waals surface area contributed by atoms with Crippen molar-refractivity contribution in [3.05, 3.63) is 15.6 Å². The molecule has 1 saturated heterocycles. The van der Waals surface area contributed by atoms with Crippen molar-refractivity contribution in [3.63, 3.8) is 0 Å². The molecular weight excluding hydrogens is 260 g/mol. The summed E-state index contributed by atoms with van der Waals surface area (Å²) >= 11 is 1.73. The summed E-state index contributed by atoms with van der Waals surface area (Å²) < 4.78 is 0. The number of rotatable bonds is 4. The highest BCUT2D eigenvalue weighted by Crippen LogP contribution is 2.39. The first-order valence-electron chi connectivity index (χ1n) is 6.81. The van der Waals surface area contributed by atoms with E-state index in [-0.39, 0.29) is 6.04 Å². The SMILES string of the molecule is CCC1(C(=O)O)CCN(C(C)c2sc(C)nc2C)C1. The first-order valence-corrected chi connectivity index (χ1v) is 7.62. The number of hydrogen-bond donors (Lipinski definition) is 1. The van der Waals surface area contributed by atoms with Crippen LogP contribution in [0.3, 0.4) is 0 Å². The maximum atomic E-state index is 11.5. The summed E-state index contributed by atoms with van der Waals surface area (Å²) in [7, 11) is 0. The predicted molar refractivity (Wildman–Crippen MR) is 76.6 cm³/mol. The maximum Gasteiger partial charge on any atom is 0.310 e. The van der Waals surface area contributed by atoms with Gasteiger partial charge in [0.05, 0.1) is 16.1 Å². The molecule has 0 radical (unpaired) electrons. The fourth-order valence-corrected chi connectivity index (χ4v) is 3.96. The van der Waals surface area contributed by atoms with Gasteiger partial charge in [0.15, 0.2) is 0 Å². The monoisotopic (exact) mass is 282 g/mol. The van der Waals surface area contributed by atoms with Gasteiger partial charge in [0, 0.05) is 17.5 Å². The van der Waals surface area contributed by atoms with E-state index in [0.29, 0.717) is 13.0 Å². The Balaban J connectivity index is 2.17. The van der Waals surface area contributed by atoms with Gasteiger partial charge < -0.3 is 5.11 Å². The highest BCUT2D eigenvalue weighted by Gasteiger charge is 2.44. The zero-order valence-corrected chi connectivity index (χ0v) is 12.9. The lowest BCUT2D eigenvalue weighted by atomic mass is 9.84. The summed E-state index contributed by atoms with van der Waals surface area (Å²) in [4.78, 5) is 19.5. The van der Waals surface area contributed by atoms with Crippen molar-refractivity contribution in [3.8, 4) is 0 Å². The van der Waals surface area contributed by atoms with Crippen molar-refractivity contribution in [1.82, 2.24) is 9.88 Å². The van der Waals surface area contributed by atoms with Crippen molar-refractivity contribution >= 4 is 17.3 Å².